The molecule has 78 valence electrons. The first-order chi connectivity index (χ1) is 5.83. The summed E-state index contributed by atoms with van der Waals surface area (Å²) in [5.41, 5.74) is 0. The smallest absolute Gasteiger partial charge is 0.332 e. The first-order valence-electron chi connectivity index (χ1n) is 4.54. The molecule has 4 heteroatoms. The van der Waals surface area contributed by atoms with Gasteiger partial charge in [-0.2, -0.15) is 0 Å². The number of rotatable bonds is 6. The van der Waals surface area contributed by atoms with Crippen molar-refractivity contribution in [2.45, 2.75) is 25.4 Å². The number of quaternary nitrogens is 1. The molecule has 0 spiro atoms. The molecule has 0 radical (unpaired) electrons. The van der Waals surface area contributed by atoms with Crippen molar-refractivity contribution in [2.75, 3.05) is 27.7 Å². The van der Waals surface area contributed by atoms with E-state index in [-0.39, 0.29) is 0 Å². The molecular formula is C9H20NO3+. The SMILES string of the molecule is C[N+](C)(C)CCCCC(O)C(=O)O. The molecule has 4 nitrogen and oxygen atoms in total. The summed E-state index contributed by atoms with van der Waals surface area (Å²) in [5, 5.41) is 17.3. The van der Waals surface area contributed by atoms with Crippen molar-refractivity contribution >= 4 is 5.97 Å². The second-order valence-electron chi connectivity index (χ2n) is 4.36. The quantitative estimate of drug-likeness (QED) is 0.468. The van der Waals surface area contributed by atoms with Crippen LogP contribution in [0.3, 0.4) is 0 Å². The van der Waals surface area contributed by atoms with E-state index in [2.05, 4.69) is 21.1 Å². The van der Waals surface area contributed by atoms with E-state index in [4.69, 9.17) is 10.2 Å². The Morgan fingerprint density at radius 2 is 1.85 bits per heavy atom. The van der Waals surface area contributed by atoms with Crippen LogP contribution in [0.25, 0.3) is 0 Å². The van der Waals surface area contributed by atoms with Gasteiger partial charge in [0.05, 0.1) is 27.7 Å². The van der Waals surface area contributed by atoms with Crippen molar-refractivity contribution < 1.29 is 19.5 Å². The summed E-state index contributed by atoms with van der Waals surface area (Å²) >= 11 is 0. The van der Waals surface area contributed by atoms with Crippen molar-refractivity contribution in [2.24, 2.45) is 0 Å². The van der Waals surface area contributed by atoms with Gasteiger partial charge in [0, 0.05) is 0 Å². The summed E-state index contributed by atoms with van der Waals surface area (Å²) < 4.78 is 0.878. The van der Waals surface area contributed by atoms with Crippen LogP contribution < -0.4 is 0 Å². The number of aliphatic hydroxyl groups excluding tert-OH is 1. The molecule has 0 aliphatic heterocycles. The normalized spacial score (nSPS) is 14.2. The molecule has 1 atom stereocenters. The number of nitrogens with zero attached hydrogens (tertiary/aromatic N) is 1. The molecule has 0 saturated heterocycles. The maximum absolute atomic E-state index is 10.2. The number of aliphatic hydroxyl groups is 1. The molecular weight excluding hydrogens is 170 g/mol. The Balaban J connectivity index is 3.41. The van der Waals surface area contributed by atoms with Gasteiger partial charge in [-0.05, 0) is 19.3 Å². The zero-order valence-electron chi connectivity index (χ0n) is 8.66. The Kier molecular flexibility index (Phi) is 4.95. The third-order valence-electron chi connectivity index (χ3n) is 1.84. The van der Waals surface area contributed by atoms with Gasteiger partial charge in [0.1, 0.15) is 0 Å². The van der Waals surface area contributed by atoms with Gasteiger partial charge >= 0.3 is 5.97 Å². The number of carboxylic acids is 1. The molecule has 0 aliphatic rings. The summed E-state index contributed by atoms with van der Waals surface area (Å²) in [6.07, 6.45) is 0.888. The van der Waals surface area contributed by atoms with Crippen LogP contribution in [0.2, 0.25) is 0 Å². The van der Waals surface area contributed by atoms with Gasteiger partial charge in [-0.25, -0.2) is 4.79 Å². The molecule has 0 aliphatic carbocycles. The molecule has 0 heterocycles. The number of aliphatic carboxylic acids is 1. The fraction of sp³-hybridized carbons (Fsp3) is 0.889. The van der Waals surface area contributed by atoms with E-state index in [0.29, 0.717) is 6.42 Å². The number of unbranched alkanes of at least 4 members (excludes halogenated alkanes) is 1. The maximum atomic E-state index is 10.2. The Labute approximate surface area is 79.4 Å². The summed E-state index contributed by atoms with van der Waals surface area (Å²) in [6, 6.07) is 0. The van der Waals surface area contributed by atoms with Crippen molar-refractivity contribution in [3.05, 3.63) is 0 Å². The summed E-state index contributed by atoms with van der Waals surface area (Å²) in [7, 11) is 6.27. The van der Waals surface area contributed by atoms with Gasteiger partial charge in [-0.3, -0.25) is 0 Å². The molecule has 0 aromatic heterocycles. The fourth-order valence-corrected chi connectivity index (χ4v) is 1.05. The number of hydrogen-bond acceptors (Lipinski definition) is 2. The highest BCUT2D eigenvalue weighted by Gasteiger charge is 2.13. The highest BCUT2D eigenvalue weighted by molar-refractivity contribution is 5.71. The van der Waals surface area contributed by atoms with Crippen LogP contribution in [-0.2, 0) is 4.79 Å². The van der Waals surface area contributed by atoms with E-state index in [1.165, 1.54) is 0 Å². The number of hydrogen-bond donors (Lipinski definition) is 2. The highest BCUT2D eigenvalue weighted by Crippen LogP contribution is 2.03. The monoisotopic (exact) mass is 190 g/mol. The second-order valence-corrected chi connectivity index (χ2v) is 4.36. The number of carbonyl (C=O) groups is 1. The lowest BCUT2D eigenvalue weighted by Gasteiger charge is -2.23. The lowest BCUT2D eigenvalue weighted by Crippen LogP contribution is -2.35. The third kappa shape index (κ3) is 7.74. The van der Waals surface area contributed by atoms with E-state index >= 15 is 0 Å². The van der Waals surface area contributed by atoms with E-state index < -0.39 is 12.1 Å². The standard InChI is InChI=1S/C9H19NO3/c1-10(2,3)7-5-4-6-8(11)9(12)13/h8,11H,4-7H2,1-3H3/p+1. The largest absolute Gasteiger partial charge is 0.479 e. The molecule has 1 unspecified atom stereocenters. The molecule has 0 aromatic carbocycles. The third-order valence-corrected chi connectivity index (χ3v) is 1.84. The van der Waals surface area contributed by atoms with Crippen LogP contribution in [0.4, 0.5) is 0 Å². The Morgan fingerprint density at radius 3 is 2.23 bits per heavy atom. The summed E-state index contributed by atoms with van der Waals surface area (Å²) in [4.78, 5) is 10.2. The molecule has 0 amide bonds. The van der Waals surface area contributed by atoms with Crippen LogP contribution in [0, 0.1) is 0 Å². The first kappa shape index (κ1) is 12.4. The predicted molar refractivity (Wildman–Crippen MR) is 50.4 cm³/mol. The van der Waals surface area contributed by atoms with E-state index in [1.54, 1.807) is 0 Å². The average Bonchev–Trinajstić information content (AvgIpc) is 1.95. The molecule has 0 aromatic rings. The van der Waals surface area contributed by atoms with E-state index in [0.717, 1.165) is 23.9 Å². The summed E-state index contributed by atoms with van der Waals surface area (Å²) in [6.45, 7) is 1.01. The fourth-order valence-electron chi connectivity index (χ4n) is 1.05. The summed E-state index contributed by atoms with van der Waals surface area (Å²) in [5.74, 6) is -1.12. The molecule has 0 bridgehead atoms. The Morgan fingerprint density at radius 1 is 1.31 bits per heavy atom. The Bertz CT molecular complexity index is 163. The van der Waals surface area contributed by atoms with Gasteiger partial charge in [0.2, 0.25) is 0 Å². The molecule has 0 fully saturated rings. The predicted octanol–water partition coefficient (Wildman–Crippen LogP) is 0.308. The minimum absolute atomic E-state index is 0.356. The first-order valence-corrected chi connectivity index (χ1v) is 4.54. The van der Waals surface area contributed by atoms with Gasteiger partial charge in [0.15, 0.2) is 6.10 Å². The second kappa shape index (κ2) is 5.19. The van der Waals surface area contributed by atoms with Crippen LogP contribution in [0.15, 0.2) is 0 Å². The van der Waals surface area contributed by atoms with Crippen LogP contribution in [-0.4, -0.2) is 54.5 Å². The van der Waals surface area contributed by atoms with Gasteiger partial charge in [-0.15, -0.1) is 0 Å². The zero-order valence-corrected chi connectivity index (χ0v) is 8.66. The minimum Gasteiger partial charge on any atom is -0.479 e. The lowest BCUT2D eigenvalue weighted by molar-refractivity contribution is -0.870. The molecule has 0 rings (SSSR count). The van der Waals surface area contributed by atoms with Crippen LogP contribution in [0.5, 0.6) is 0 Å². The van der Waals surface area contributed by atoms with Crippen molar-refractivity contribution in [3.63, 3.8) is 0 Å². The van der Waals surface area contributed by atoms with Crippen LogP contribution in [0.1, 0.15) is 19.3 Å². The Hall–Kier alpha value is -0.610. The average molecular weight is 190 g/mol. The van der Waals surface area contributed by atoms with Gasteiger partial charge < -0.3 is 14.7 Å². The van der Waals surface area contributed by atoms with Crippen molar-refractivity contribution in [1.29, 1.82) is 0 Å². The van der Waals surface area contributed by atoms with Gasteiger partial charge in [-0.1, -0.05) is 0 Å². The molecule has 2 N–H and O–H groups in total. The molecule has 13 heavy (non-hydrogen) atoms. The maximum Gasteiger partial charge on any atom is 0.332 e. The van der Waals surface area contributed by atoms with Gasteiger partial charge in [0.25, 0.3) is 0 Å². The zero-order chi connectivity index (χ0) is 10.5. The van der Waals surface area contributed by atoms with Crippen molar-refractivity contribution in [1.82, 2.24) is 0 Å². The highest BCUT2D eigenvalue weighted by atomic mass is 16.4. The minimum atomic E-state index is -1.19. The molecule has 0 saturated carbocycles. The van der Waals surface area contributed by atoms with Crippen molar-refractivity contribution in [3.8, 4) is 0 Å². The van der Waals surface area contributed by atoms with Crippen LogP contribution >= 0.6 is 0 Å². The van der Waals surface area contributed by atoms with E-state index in [1.807, 2.05) is 0 Å². The lowest BCUT2D eigenvalue weighted by atomic mass is 10.1. The number of carboxylic acid groups (broad SMARTS) is 1. The topological polar surface area (TPSA) is 57.5 Å². The van der Waals surface area contributed by atoms with E-state index in [9.17, 15) is 4.79 Å².